The quantitative estimate of drug-likeness (QED) is 0.804. The number of aromatic nitrogens is 1. The summed E-state index contributed by atoms with van der Waals surface area (Å²) in [6.07, 6.45) is 7.71. The second-order valence-electron chi connectivity index (χ2n) is 4.83. The maximum Gasteiger partial charge on any atom is 0.0344 e. The molecule has 82 valence electrons. The van der Waals surface area contributed by atoms with E-state index in [1.165, 1.54) is 30.4 Å². The van der Waals surface area contributed by atoms with Gasteiger partial charge in [-0.25, -0.2) is 0 Å². The Balaban J connectivity index is 2.20. The van der Waals surface area contributed by atoms with Gasteiger partial charge in [0.25, 0.3) is 0 Å². The Labute approximate surface area is 91.9 Å². The number of nitrogens with two attached hydrogens (primary N) is 1. The molecule has 1 aromatic heterocycles. The van der Waals surface area contributed by atoms with Crippen molar-refractivity contribution in [1.82, 2.24) is 4.98 Å². The summed E-state index contributed by atoms with van der Waals surface area (Å²) in [7, 11) is 0. The van der Waals surface area contributed by atoms with Crippen LogP contribution in [0.5, 0.6) is 0 Å². The van der Waals surface area contributed by atoms with Crippen LogP contribution in [0.2, 0.25) is 0 Å². The number of hydrogen-bond donors (Lipinski definition) is 1. The van der Waals surface area contributed by atoms with Gasteiger partial charge in [-0.05, 0) is 42.4 Å². The maximum atomic E-state index is 6.35. The van der Waals surface area contributed by atoms with Crippen LogP contribution in [-0.4, -0.2) is 4.98 Å². The Morgan fingerprint density at radius 3 is 2.87 bits per heavy atom. The van der Waals surface area contributed by atoms with Gasteiger partial charge in [0.15, 0.2) is 0 Å². The molecule has 2 N–H and O–H groups in total. The van der Waals surface area contributed by atoms with Crippen molar-refractivity contribution in [2.24, 2.45) is 17.6 Å². The summed E-state index contributed by atoms with van der Waals surface area (Å²) in [6.45, 7) is 4.44. The van der Waals surface area contributed by atoms with Crippen molar-refractivity contribution in [3.05, 3.63) is 29.6 Å². The van der Waals surface area contributed by atoms with Crippen molar-refractivity contribution < 1.29 is 0 Å². The zero-order valence-corrected chi connectivity index (χ0v) is 9.61. The molecule has 15 heavy (non-hydrogen) atoms. The van der Waals surface area contributed by atoms with Gasteiger partial charge >= 0.3 is 0 Å². The summed E-state index contributed by atoms with van der Waals surface area (Å²) >= 11 is 0. The zero-order chi connectivity index (χ0) is 10.8. The number of aryl methyl sites for hydroxylation is 1. The minimum absolute atomic E-state index is 0.177. The first-order chi connectivity index (χ1) is 7.20. The molecule has 0 amide bonds. The van der Waals surface area contributed by atoms with Crippen molar-refractivity contribution >= 4 is 0 Å². The molecular formula is C13H20N2. The third-order valence-corrected chi connectivity index (χ3v) is 3.83. The fraction of sp³-hybridized carbons (Fsp3) is 0.615. The van der Waals surface area contributed by atoms with Crippen molar-refractivity contribution in [3.63, 3.8) is 0 Å². The van der Waals surface area contributed by atoms with Gasteiger partial charge in [-0.1, -0.05) is 19.8 Å². The Hall–Kier alpha value is -0.890. The fourth-order valence-corrected chi connectivity index (χ4v) is 2.76. The topological polar surface area (TPSA) is 38.9 Å². The number of pyridine rings is 1. The van der Waals surface area contributed by atoms with Crippen LogP contribution in [0.4, 0.5) is 0 Å². The Morgan fingerprint density at radius 1 is 1.47 bits per heavy atom. The van der Waals surface area contributed by atoms with Crippen LogP contribution < -0.4 is 5.73 Å². The normalized spacial score (nSPS) is 27.9. The molecule has 1 fully saturated rings. The summed E-state index contributed by atoms with van der Waals surface area (Å²) in [5.74, 6) is 1.41. The van der Waals surface area contributed by atoms with Gasteiger partial charge in [-0.3, -0.25) is 4.98 Å². The van der Waals surface area contributed by atoms with E-state index in [0.29, 0.717) is 5.92 Å². The third kappa shape index (κ3) is 2.05. The van der Waals surface area contributed by atoms with Gasteiger partial charge in [-0.2, -0.15) is 0 Å². The summed E-state index contributed by atoms with van der Waals surface area (Å²) < 4.78 is 0. The van der Waals surface area contributed by atoms with Crippen LogP contribution in [0, 0.1) is 18.8 Å². The Kier molecular flexibility index (Phi) is 3.06. The van der Waals surface area contributed by atoms with Crippen molar-refractivity contribution in [2.45, 2.75) is 39.2 Å². The second kappa shape index (κ2) is 4.31. The van der Waals surface area contributed by atoms with Crippen LogP contribution in [0.1, 0.15) is 43.4 Å². The van der Waals surface area contributed by atoms with Crippen LogP contribution in [0.25, 0.3) is 0 Å². The molecule has 0 spiro atoms. The summed E-state index contributed by atoms with van der Waals surface area (Å²) in [4.78, 5) is 4.18. The van der Waals surface area contributed by atoms with Gasteiger partial charge in [0, 0.05) is 18.4 Å². The molecule has 1 saturated carbocycles. The maximum absolute atomic E-state index is 6.35. The Morgan fingerprint density at radius 2 is 2.27 bits per heavy atom. The number of nitrogens with zero attached hydrogens (tertiary/aromatic N) is 1. The molecule has 0 saturated heterocycles. The molecule has 3 unspecified atom stereocenters. The third-order valence-electron chi connectivity index (χ3n) is 3.83. The van der Waals surface area contributed by atoms with E-state index in [2.05, 4.69) is 24.9 Å². The highest BCUT2D eigenvalue weighted by molar-refractivity contribution is 5.25. The predicted molar refractivity (Wildman–Crippen MR) is 62.4 cm³/mol. The van der Waals surface area contributed by atoms with E-state index >= 15 is 0 Å². The summed E-state index contributed by atoms with van der Waals surface area (Å²) in [5, 5.41) is 0. The first-order valence-electron chi connectivity index (χ1n) is 5.86. The smallest absolute Gasteiger partial charge is 0.0344 e. The molecular weight excluding hydrogens is 184 g/mol. The first-order valence-corrected chi connectivity index (χ1v) is 5.86. The second-order valence-corrected chi connectivity index (χ2v) is 4.83. The van der Waals surface area contributed by atoms with E-state index in [9.17, 15) is 0 Å². The first kappa shape index (κ1) is 10.6. The minimum Gasteiger partial charge on any atom is -0.324 e. The van der Waals surface area contributed by atoms with E-state index in [-0.39, 0.29) is 6.04 Å². The van der Waals surface area contributed by atoms with Crippen LogP contribution in [-0.2, 0) is 0 Å². The molecule has 0 aliphatic heterocycles. The molecule has 1 aliphatic carbocycles. The summed E-state index contributed by atoms with van der Waals surface area (Å²) in [6, 6.07) is 2.23. The van der Waals surface area contributed by atoms with Crippen LogP contribution in [0.15, 0.2) is 18.5 Å². The van der Waals surface area contributed by atoms with Gasteiger partial charge in [0.1, 0.15) is 0 Å². The van der Waals surface area contributed by atoms with Crippen molar-refractivity contribution in [1.29, 1.82) is 0 Å². The number of hydrogen-bond acceptors (Lipinski definition) is 2. The van der Waals surface area contributed by atoms with Crippen molar-refractivity contribution in [3.8, 4) is 0 Å². The van der Waals surface area contributed by atoms with Crippen molar-refractivity contribution in [2.75, 3.05) is 0 Å². The lowest BCUT2D eigenvalue weighted by molar-refractivity contribution is 0.350. The molecule has 3 atom stereocenters. The highest BCUT2D eigenvalue weighted by Gasteiger charge is 2.30. The monoisotopic (exact) mass is 204 g/mol. The van der Waals surface area contributed by atoms with Gasteiger partial charge in [-0.15, -0.1) is 0 Å². The molecule has 0 radical (unpaired) electrons. The molecule has 0 bridgehead atoms. The summed E-state index contributed by atoms with van der Waals surface area (Å²) in [5.41, 5.74) is 8.86. The highest BCUT2D eigenvalue weighted by atomic mass is 14.7. The lowest BCUT2D eigenvalue weighted by Crippen LogP contribution is -2.24. The van der Waals surface area contributed by atoms with E-state index in [1.54, 1.807) is 0 Å². The lowest BCUT2D eigenvalue weighted by Gasteiger charge is -2.24. The molecule has 2 rings (SSSR count). The molecule has 0 aromatic carbocycles. The van der Waals surface area contributed by atoms with E-state index in [1.807, 2.05) is 12.4 Å². The SMILES string of the molecule is Cc1ccncc1C(N)C1CCCC1C. The molecule has 2 heteroatoms. The highest BCUT2D eigenvalue weighted by Crippen LogP contribution is 2.39. The minimum atomic E-state index is 0.177. The van der Waals surface area contributed by atoms with Crippen LogP contribution >= 0.6 is 0 Å². The molecule has 2 nitrogen and oxygen atoms in total. The van der Waals surface area contributed by atoms with Gasteiger partial charge in [0.05, 0.1) is 0 Å². The average Bonchev–Trinajstić information content (AvgIpc) is 2.64. The van der Waals surface area contributed by atoms with E-state index < -0.39 is 0 Å². The standard InChI is InChI=1S/C13H20N2/c1-9-4-3-5-11(9)13(14)12-8-15-7-6-10(12)2/h6-9,11,13H,3-5,14H2,1-2H3. The van der Waals surface area contributed by atoms with E-state index in [4.69, 9.17) is 5.73 Å². The predicted octanol–water partition coefficient (Wildman–Crippen LogP) is 2.83. The fourth-order valence-electron chi connectivity index (χ4n) is 2.76. The lowest BCUT2D eigenvalue weighted by atomic mass is 9.86. The zero-order valence-electron chi connectivity index (χ0n) is 9.61. The molecule has 1 aliphatic rings. The average molecular weight is 204 g/mol. The Bertz CT molecular complexity index is 335. The molecule has 1 heterocycles. The van der Waals surface area contributed by atoms with Crippen LogP contribution in [0.3, 0.4) is 0 Å². The molecule has 1 aromatic rings. The largest absolute Gasteiger partial charge is 0.324 e. The van der Waals surface area contributed by atoms with E-state index in [0.717, 1.165) is 5.92 Å². The van der Waals surface area contributed by atoms with Gasteiger partial charge < -0.3 is 5.73 Å². The number of rotatable bonds is 2. The van der Waals surface area contributed by atoms with Gasteiger partial charge in [0.2, 0.25) is 0 Å².